The van der Waals surface area contributed by atoms with E-state index in [4.69, 9.17) is 5.11 Å². The molecule has 0 heterocycles. The summed E-state index contributed by atoms with van der Waals surface area (Å²) in [5.41, 5.74) is 0. The minimum atomic E-state index is -3.22. The maximum Gasteiger partial charge on any atom is 0.224 e. The van der Waals surface area contributed by atoms with Gasteiger partial charge >= 0.3 is 0 Å². The maximum atomic E-state index is 11.5. The molecule has 0 aromatic heterocycles. The quantitative estimate of drug-likeness (QED) is 0.519. The summed E-state index contributed by atoms with van der Waals surface area (Å²) in [5, 5.41) is 8.78. The van der Waals surface area contributed by atoms with Gasteiger partial charge in [0.15, 0.2) is 0 Å². The summed E-state index contributed by atoms with van der Waals surface area (Å²) in [6.07, 6.45) is 4.16. The highest BCUT2D eigenvalue weighted by atomic mass is 79.9. The summed E-state index contributed by atoms with van der Waals surface area (Å²) >= 11 is 2.95. The van der Waals surface area contributed by atoms with E-state index in [-0.39, 0.29) is 17.8 Å². The number of aliphatic hydroxyl groups excluding tert-OH is 1. The van der Waals surface area contributed by atoms with Gasteiger partial charge in [0.25, 0.3) is 0 Å². The molecule has 0 saturated heterocycles. The minimum Gasteiger partial charge on any atom is -0.395 e. The molecule has 6 heteroatoms. The number of halogens is 1. The summed E-state index contributed by atoms with van der Waals surface area (Å²) in [5.74, 6) is 0. The zero-order chi connectivity index (χ0) is 11.7. The van der Waals surface area contributed by atoms with Crippen LogP contribution < -0.4 is 0 Å². The lowest BCUT2D eigenvalue weighted by Crippen LogP contribution is -2.35. The van der Waals surface area contributed by atoms with E-state index in [9.17, 15) is 8.42 Å². The van der Waals surface area contributed by atoms with Crippen LogP contribution in [0.1, 0.15) is 32.6 Å². The van der Waals surface area contributed by atoms with Crippen LogP contribution >= 0.6 is 15.9 Å². The molecule has 1 N–H and O–H groups in total. The first kappa shape index (κ1) is 15.3. The molecule has 0 atom stereocenters. The molecule has 0 radical (unpaired) electrons. The lowest BCUT2D eigenvalue weighted by atomic mass is 10.2. The van der Waals surface area contributed by atoms with Crippen LogP contribution in [0.3, 0.4) is 0 Å². The number of unbranched alkanes of at least 4 members (excludes halogenated alkanes) is 3. The van der Waals surface area contributed by atoms with Crippen molar-refractivity contribution in [1.29, 1.82) is 0 Å². The molecule has 0 aliphatic rings. The predicted molar refractivity (Wildman–Crippen MR) is 65.5 cm³/mol. The third kappa shape index (κ3) is 6.50. The monoisotopic (exact) mass is 301 g/mol. The van der Waals surface area contributed by atoms with Crippen molar-refractivity contribution >= 4 is 26.0 Å². The van der Waals surface area contributed by atoms with Crippen molar-refractivity contribution in [2.45, 2.75) is 32.6 Å². The number of nitrogens with zero attached hydrogens (tertiary/aromatic N) is 1. The molecule has 0 aliphatic carbocycles. The lowest BCUT2D eigenvalue weighted by molar-refractivity contribution is 0.252. The molecule has 0 bridgehead atoms. The van der Waals surface area contributed by atoms with E-state index >= 15 is 0 Å². The van der Waals surface area contributed by atoms with E-state index in [1.54, 1.807) is 0 Å². The van der Waals surface area contributed by atoms with Crippen LogP contribution in [-0.2, 0) is 10.0 Å². The Morgan fingerprint density at radius 3 is 2.33 bits per heavy atom. The summed E-state index contributed by atoms with van der Waals surface area (Å²) < 4.78 is 24.3. The lowest BCUT2D eigenvalue weighted by Gasteiger charge is -2.19. The Morgan fingerprint density at radius 2 is 1.87 bits per heavy atom. The zero-order valence-electron chi connectivity index (χ0n) is 9.15. The summed E-state index contributed by atoms with van der Waals surface area (Å²) in [6, 6.07) is 0. The topological polar surface area (TPSA) is 57.6 Å². The van der Waals surface area contributed by atoms with E-state index in [0.29, 0.717) is 6.54 Å². The first-order valence-electron chi connectivity index (χ1n) is 5.23. The van der Waals surface area contributed by atoms with Gasteiger partial charge in [-0.1, -0.05) is 42.1 Å². The van der Waals surface area contributed by atoms with E-state index < -0.39 is 10.0 Å². The average Bonchev–Trinajstić information content (AvgIpc) is 2.22. The first-order chi connectivity index (χ1) is 7.08. The van der Waals surface area contributed by atoms with E-state index in [1.807, 2.05) is 0 Å². The molecule has 0 aromatic rings. The second-order valence-electron chi connectivity index (χ2n) is 3.40. The molecule has 0 fully saturated rings. The van der Waals surface area contributed by atoms with Gasteiger partial charge in [0.1, 0.15) is 4.66 Å². The molecule has 0 aliphatic heterocycles. The van der Waals surface area contributed by atoms with Crippen LogP contribution in [-0.4, -0.2) is 42.2 Å². The molecule has 92 valence electrons. The highest BCUT2D eigenvalue weighted by molar-refractivity contribution is 9.10. The van der Waals surface area contributed by atoms with Gasteiger partial charge in [-0.15, -0.1) is 0 Å². The molecule has 0 saturated carbocycles. The summed E-state index contributed by atoms with van der Waals surface area (Å²) in [4.78, 5) is 0. The van der Waals surface area contributed by atoms with Gasteiger partial charge in [0, 0.05) is 13.1 Å². The second kappa shape index (κ2) is 8.50. The molecule has 0 rings (SSSR count). The van der Waals surface area contributed by atoms with Crippen molar-refractivity contribution in [3.8, 4) is 0 Å². The summed E-state index contributed by atoms with van der Waals surface area (Å²) in [7, 11) is -3.22. The van der Waals surface area contributed by atoms with E-state index in [2.05, 4.69) is 22.9 Å². The zero-order valence-corrected chi connectivity index (χ0v) is 11.6. The molecule has 15 heavy (non-hydrogen) atoms. The molecular weight excluding hydrogens is 282 g/mol. The Bertz CT molecular complexity index is 244. The SMILES string of the molecule is CCCCCCN(CCO)S(=O)(=O)CBr. The van der Waals surface area contributed by atoms with Crippen molar-refractivity contribution in [3.05, 3.63) is 0 Å². The van der Waals surface area contributed by atoms with Crippen LogP contribution in [0.5, 0.6) is 0 Å². The number of hydrogen-bond donors (Lipinski definition) is 1. The fourth-order valence-electron chi connectivity index (χ4n) is 1.29. The molecule has 0 spiro atoms. The smallest absolute Gasteiger partial charge is 0.224 e. The Labute approximate surface area is 101 Å². The first-order valence-corrected chi connectivity index (χ1v) is 7.96. The number of alkyl halides is 1. The molecule has 0 amide bonds. The van der Waals surface area contributed by atoms with Crippen LogP contribution in [0.2, 0.25) is 0 Å². The molecular formula is C9H20BrNO3S. The van der Waals surface area contributed by atoms with Gasteiger partial charge in [-0.05, 0) is 6.42 Å². The Kier molecular flexibility index (Phi) is 8.69. The van der Waals surface area contributed by atoms with Gasteiger partial charge in [0.2, 0.25) is 10.0 Å². The van der Waals surface area contributed by atoms with Gasteiger partial charge in [-0.2, -0.15) is 4.31 Å². The molecule has 4 nitrogen and oxygen atoms in total. The van der Waals surface area contributed by atoms with E-state index in [0.717, 1.165) is 25.7 Å². The predicted octanol–water partition coefficient (Wildman–Crippen LogP) is 1.54. The third-order valence-electron chi connectivity index (χ3n) is 2.14. The normalized spacial score (nSPS) is 12.3. The van der Waals surface area contributed by atoms with E-state index in [1.165, 1.54) is 4.31 Å². The number of aliphatic hydroxyl groups is 1. The van der Waals surface area contributed by atoms with Crippen molar-refractivity contribution in [2.24, 2.45) is 0 Å². The maximum absolute atomic E-state index is 11.5. The number of sulfonamides is 1. The average molecular weight is 302 g/mol. The Morgan fingerprint density at radius 1 is 1.20 bits per heavy atom. The highest BCUT2D eigenvalue weighted by Crippen LogP contribution is 2.08. The van der Waals surface area contributed by atoms with Gasteiger partial charge in [-0.3, -0.25) is 0 Å². The van der Waals surface area contributed by atoms with Gasteiger partial charge < -0.3 is 5.11 Å². The van der Waals surface area contributed by atoms with Gasteiger partial charge in [0.05, 0.1) is 6.61 Å². The van der Waals surface area contributed by atoms with Crippen LogP contribution in [0.25, 0.3) is 0 Å². The Balaban J connectivity index is 4.05. The second-order valence-corrected chi connectivity index (χ2v) is 6.68. The van der Waals surface area contributed by atoms with Crippen LogP contribution in [0.15, 0.2) is 0 Å². The fraction of sp³-hybridized carbons (Fsp3) is 1.00. The van der Waals surface area contributed by atoms with Crippen LogP contribution in [0.4, 0.5) is 0 Å². The molecule has 0 unspecified atom stereocenters. The number of rotatable bonds is 9. The van der Waals surface area contributed by atoms with Crippen molar-refractivity contribution in [1.82, 2.24) is 4.31 Å². The summed E-state index contributed by atoms with van der Waals surface area (Å²) in [6.45, 7) is 2.69. The van der Waals surface area contributed by atoms with Crippen molar-refractivity contribution in [3.63, 3.8) is 0 Å². The largest absolute Gasteiger partial charge is 0.395 e. The number of hydrogen-bond acceptors (Lipinski definition) is 3. The fourth-order valence-corrected chi connectivity index (χ4v) is 3.06. The molecule has 0 aromatic carbocycles. The minimum absolute atomic E-state index is 0.0756. The van der Waals surface area contributed by atoms with Gasteiger partial charge in [-0.25, -0.2) is 8.42 Å². The third-order valence-corrected chi connectivity index (χ3v) is 5.31. The Hall–Kier alpha value is 0.350. The highest BCUT2D eigenvalue weighted by Gasteiger charge is 2.19. The standard InChI is InChI=1S/C9H20BrNO3S/c1-2-3-4-5-6-11(7-8-12)15(13,14)9-10/h12H,2-9H2,1H3. The van der Waals surface area contributed by atoms with Crippen LogP contribution in [0, 0.1) is 0 Å². The van der Waals surface area contributed by atoms with Crippen molar-refractivity contribution < 1.29 is 13.5 Å². The van der Waals surface area contributed by atoms with Crippen molar-refractivity contribution in [2.75, 3.05) is 24.4 Å².